The first-order valence-electron chi connectivity index (χ1n) is 7.84. The zero-order chi connectivity index (χ0) is 19.4. The molecule has 27 heavy (non-hydrogen) atoms. The first-order chi connectivity index (χ1) is 12.9. The van der Waals surface area contributed by atoms with Gasteiger partial charge in [0.1, 0.15) is 5.75 Å². The summed E-state index contributed by atoms with van der Waals surface area (Å²) in [6.45, 7) is -0.356. The number of nitrogens with one attached hydrogen (secondary N) is 3. The second kappa shape index (κ2) is 8.52. The number of halogens is 3. The van der Waals surface area contributed by atoms with E-state index in [-0.39, 0.29) is 39.8 Å². The van der Waals surface area contributed by atoms with Gasteiger partial charge in [0.05, 0.1) is 21.5 Å². The quantitative estimate of drug-likeness (QED) is 0.427. The van der Waals surface area contributed by atoms with E-state index in [4.69, 9.17) is 39.5 Å². The predicted octanol–water partition coefficient (Wildman–Crippen LogP) is 3.90. The molecule has 3 aromatic rings. The van der Waals surface area contributed by atoms with E-state index in [1.807, 2.05) is 24.3 Å². The second-order valence-corrected chi connectivity index (χ2v) is 6.84. The van der Waals surface area contributed by atoms with Crippen LogP contribution < -0.4 is 15.6 Å². The molecule has 1 aromatic heterocycles. The van der Waals surface area contributed by atoms with Gasteiger partial charge in [0.25, 0.3) is 5.91 Å². The molecule has 2 aromatic carbocycles. The monoisotopic (exact) mass is 425 g/mol. The zero-order valence-electron chi connectivity index (χ0n) is 13.8. The molecule has 0 aliphatic carbocycles. The maximum absolute atomic E-state index is 12.0. The van der Waals surface area contributed by atoms with E-state index in [1.54, 1.807) is 6.20 Å². The van der Waals surface area contributed by atoms with Gasteiger partial charge in [-0.3, -0.25) is 20.4 Å². The van der Waals surface area contributed by atoms with Crippen molar-refractivity contribution in [1.82, 2.24) is 15.8 Å². The average Bonchev–Trinajstić information content (AvgIpc) is 3.05. The van der Waals surface area contributed by atoms with Crippen LogP contribution in [0.4, 0.5) is 0 Å². The van der Waals surface area contributed by atoms with Crippen LogP contribution >= 0.6 is 34.8 Å². The Morgan fingerprint density at radius 2 is 1.67 bits per heavy atom. The predicted molar refractivity (Wildman–Crippen MR) is 105 cm³/mol. The normalized spacial score (nSPS) is 10.6. The number of ether oxygens (including phenoxy) is 1. The number of hydrazine groups is 1. The van der Waals surface area contributed by atoms with Crippen LogP contribution in [-0.2, 0) is 16.0 Å². The number of carbonyl (C=O) groups excluding carboxylic acids is 2. The third kappa shape index (κ3) is 4.86. The van der Waals surface area contributed by atoms with Crippen LogP contribution in [0.3, 0.4) is 0 Å². The molecule has 0 unspecified atom stereocenters. The minimum Gasteiger partial charge on any atom is -0.482 e. The summed E-state index contributed by atoms with van der Waals surface area (Å²) in [5, 5.41) is 1.71. The average molecular weight is 427 g/mol. The first-order valence-corrected chi connectivity index (χ1v) is 8.97. The molecular weight excluding hydrogens is 413 g/mol. The SMILES string of the molecule is O=C(COc1cc(Cl)c(Cl)cc1Cl)NNC(=O)Cc1c[nH]c2ccccc12. The molecule has 9 heteroatoms. The summed E-state index contributed by atoms with van der Waals surface area (Å²) >= 11 is 17.7. The highest BCUT2D eigenvalue weighted by atomic mass is 35.5. The lowest BCUT2D eigenvalue weighted by Gasteiger charge is -2.10. The highest BCUT2D eigenvalue weighted by Crippen LogP contribution is 2.33. The number of hydrogen-bond acceptors (Lipinski definition) is 3. The number of fused-ring (bicyclic) bond motifs is 1. The Hall–Kier alpha value is -2.41. The Bertz CT molecular complexity index is 1000. The first kappa shape index (κ1) is 19.4. The number of H-pyrrole nitrogens is 1. The number of hydrogen-bond donors (Lipinski definition) is 3. The van der Waals surface area contributed by atoms with Crippen molar-refractivity contribution in [2.45, 2.75) is 6.42 Å². The van der Waals surface area contributed by atoms with Crippen molar-refractivity contribution in [3.8, 4) is 5.75 Å². The summed E-state index contributed by atoms with van der Waals surface area (Å²) < 4.78 is 5.29. The molecule has 0 atom stereocenters. The molecule has 0 aliphatic heterocycles. The summed E-state index contributed by atoms with van der Waals surface area (Å²) in [6, 6.07) is 10.5. The Balaban J connectivity index is 1.49. The van der Waals surface area contributed by atoms with Gasteiger partial charge in [-0.15, -0.1) is 0 Å². The van der Waals surface area contributed by atoms with E-state index >= 15 is 0 Å². The van der Waals surface area contributed by atoms with E-state index in [9.17, 15) is 9.59 Å². The van der Waals surface area contributed by atoms with E-state index < -0.39 is 5.91 Å². The van der Waals surface area contributed by atoms with Gasteiger partial charge in [0.15, 0.2) is 6.61 Å². The van der Waals surface area contributed by atoms with Gasteiger partial charge in [0.2, 0.25) is 5.91 Å². The third-order valence-corrected chi connectivity index (χ3v) is 4.72. The highest BCUT2D eigenvalue weighted by Gasteiger charge is 2.12. The molecule has 0 saturated carbocycles. The summed E-state index contributed by atoms with van der Waals surface area (Å²) in [5.41, 5.74) is 6.40. The smallest absolute Gasteiger partial charge is 0.276 e. The Labute approximate surface area is 169 Å². The van der Waals surface area contributed by atoms with Crippen molar-refractivity contribution in [2.24, 2.45) is 0 Å². The molecule has 0 fully saturated rings. The molecular formula is C18H14Cl3N3O3. The zero-order valence-corrected chi connectivity index (χ0v) is 16.1. The lowest BCUT2D eigenvalue weighted by molar-refractivity contribution is -0.129. The van der Waals surface area contributed by atoms with Crippen LogP contribution in [0.25, 0.3) is 10.9 Å². The van der Waals surface area contributed by atoms with Gasteiger partial charge >= 0.3 is 0 Å². The van der Waals surface area contributed by atoms with Crippen LogP contribution in [0, 0.1) is 0 Å². The molecule has 0 bridgehead atoms. The molecule has 0 aliphatic rings. The largest absolute Gasteiger partial charge is 0.482 e. The fourth-order valence-corrected chi connectivity index (χ4v) is 3.02. The summed E-state index contributed by atoms with van der Waals surface area (Å²) in [6.07, 6.45) is 1.88. The van der Waals surface area contributed by atoms with Crippen molar-refractivity contribution in [3.05, 3.63) is 63.2 Å². The molecule has 2 amide bonds. The number of para-hydroxylation sites is 1. The number of aromatic amines is 1. The van der Waals surface area contributed by atoms with E-state index in [2.05, 4.69) is 15.8 Å². The third-order valence-electron chi connectivity index (χ3n) is 3.70. The van der Waals surface area contributed by atoms with Crippen molar-refractivity contribution in [1.29, 1.82) is 0 Å². The molecule has 6 nitrogen and oxygen atoms in total. The molecule has 140 valence electrons. The fraction of sp³-hybridized carbons (Fsp3) is 0.111. The number of carbonyl (C=O) groups is 2. The van der Waals surface area contributed by atoms with Crippen molar-refractivity contribution in [2.75, 3.05) is 6.61 Å². The standard InChI is InChI=1S/C18H14Cl3N3O3/c19-12-6-14(21)16(7-13(12)20)27-9-18(26)24-23-17(25)5-10-8-22-15-4-2-1-3-11(10)15/h1-4,6-8,22H,5,9H2,(H,23,25)(H,24,26). The van der Waals surface area contributed by atoms with Crippen molar-refractivity contribution >= 4 is 57.5 Å². The molecule has 0 radical (unpaired) electrons. The Kier molecular flexibility index (Phi) is 6.11. The van der Waals surface area contributed by atoms with Gasteiger partial charge in [-0.1, -0.05) is 53.0 Å². The number of benzene rings is 2. The fourth-order valence-electron chi connectivity index (χ4n) is 2.43. The molecule has 0 spiro atoms. The highest BCUT2D eigenvalue weighted by molar-refractivity contribution is 6.43. The Morgan fingerprint density at radius 3 is 2.48 bits per heavy atom. The molecule has 3 N–H and O–H groups in total. The molecule has 0 saturated heterocycles. The maximum Gasteiger partial charge on any atom is 0.276 e. The summed E-state index contributed by atoms with van der Waals surface area (Å²) in [4.78, 5) is 27.0. The molecule has 3 rings (SSSR count). The lowest BCUT2D eigenvalue weighted by atomic mass is 10.1. The number of rotatable bonds is 5. The molecule has 1 heterocycles. The van der Waals surface area contributed by atoms with Crippen LogP contribution in [0.15, 0.2) is 42.6 Å². The Morgan fingerprint density at radius 1 is 0.963 bits per heavy atom. The van der Waals surface area contributed by atoms with Crippen molar-refractivity contribution in [3.63, 3.8) is 0 Å². The van der Waals surface area contributed by atoms with Gasteiger partial charge in [-0.05, 0) is 17.7 Å². The van der Waals surface area contributed by atoms with E-state index in [0.717, 1.165) is 16.5 Å². The van der Waals surface area contributed by atoms with Gasteiger partial charge in [-0.2, -0.15) is 0 Å². The van der Waals surface area contributed by atoms with Crippen LogP contribution in [-0.4, -0.2) is 23.4 Å². The van der Waals surface area contributed by atoms with Crippen molar-refractivity contribution < 1.29 is 14.3 Å². The lowest BCUT2D eigenvalue weighted by Crippen LogP contribution is -2.44. The van der Waals surface area contributed by atoms with Crippen LogP contribution in [0.5, 0.6) is 5.75 Å². The number of amides is 2. The minimum absolute atomic E-state index is 0.115. The van der Waals surface area contributed by atoms with Gasteiger partial charge < -0.3 is 9.72 Å². The summed E-state index contributed by atoms with van der Waals surface area (Å²) in [7, 11) is 0. The topological polar surface area (TPSA) is 83.2 Å². The van der Waals surface area contributed by atoms with E-state index in [0.29, 0.717) is 0 Å². The van der Waals surface area contributed by atoms with Gasteiger partial charge in [-0.25, -0.2) is 0 Å². The van der Waals surface area contributed by atoms with E-state index in [1.165, 1.54) is 12.1 Å². The maximum atomic E-state index is 12.0. The number of aromatic nitrogens is 1. The van der Waals surface area contributed by atoms with Crippen LogP contribution in [0.2, 0.25) is 15.1 Å². The minimum atomic E-state index is -0.551. The van der Waals surface area contributed by atoms with Crippen LogP contribution in [0.1, 0.15) is 5.56 Å². The van der Waals surface area contributed by atoms with Gasteiger partial charge in [0, 0.05) is 23.2 Å². The summed E-state index contributed by atoms with van der Waals surface area (Å²) in [5.74, 6) is -0.698. The second-order valence-electron chi connectivity index (χ2n) is 5.62.